The van der Waals surface area contributed by atoms with Gasteiger partial charge in [-0.15, -0.1) is 0 Å². The first kappa shape index (κ1) is 12.1. The molecule has 3 nitrogen and oxygen atoms in total. The Morgan fingerprint density at radius 1 is 1.35 bits per heavy atom. The predicted octanol–water partition coefficient (Wildman–Crippen LogP) is 2.43. The summed E-state index contributed by atoms with van der Waals surface area (Å²) in [6, 6.07) is 9.75. The molecule has 1 N–H and O–H groups in total. The maximum Gasteiger partial charge on any atom is 0.327 e. The zero-order valence-electron chi connectivity index (χ0n) is 10.2. The summed E-state index contributed by atoms with van der Waals surface area (Å²) in [5.74, 6) is -0.163. The van der Waals surface area contributed by atoms with Gasteiger partial charge in [-0.2, -0.15) is 0 Å². The molecule has 17 heavy (non-hydrogen) atoms. The summed E-state index contributed by atoms with van der Waals surface area (Å²) >= 11 is 0. The number of hydrogen-bond acceptors (Lipinski definition) is 3. The highest BCUT2D eigenvalue weighted by Gasteiger charge is 2.30. The molecule has 1 fully saturated rings. The first-order valence-electron chi connectivity index (χ1n) is 6.29. The molecule has 1 aliphatic heterocycles. The van der Waals surface area contributed by atoms with Gasteiger partial charge in [0.1, 0.15) is 12.6 Å². The van der Waals surface area contributed by atoms with Crippen molar-refractivity contribution in [1.82, 2.24) is 5.32 Å². The van der Waals surface area contributed by atoms with Crippen LogP contribution in [0.25, 0.3) is 0 Å². The number of unbranched alkanes of at least 4 members (excludes halogenated alkanes) is 1. The van der Waals surface area contributed by atoms with Crippen LogP contribution < -0.4 is 5.32 Å². The van der Waals surface area contributed by atoms with Crippen LogP contribution in [0.1, 0.15) is 37.8 Å². The Labute approximate surface area is 102 Å². The third-order valence-electron chi connectivity index (χ3n) is 3.10. The van der Waals surface area contributed by atoms with E-state index in [-0.39, 0.29) is 18.1 Å². The minimum absolute atomic E-state index is 0.163. The standard InChI is InChI=1S/C14H19NO2/c1-2-3-9-12-10-17-14(16)13(15-12)11-7-5-4-6-8-11/h4-8,12-13,15H,2-3,9-10H2,1H3/t12-,13-/m1/s1. The van der Waals surface area contributed by atoms with Gasteiger partial charge in [-0.3, -0.25) is 5.32 Å². The van der Waals surface area contributed by atoms with Crippen LogP contribution in [0.5, 0.6) is 0 Å². The van der Waals surface area contributed by atoms with Gasteiger partial charge in [-0.05, 0) is 12.0 Å². The van der Waals surface area contributed by atoms with Crippen LogP contribution in [0.4, 0.5) is 0 Å². The Morgan fingerprint density at radius 3 is 2.82 bits per heavy atom. The van der Waals surface area contributed by atoms with Gasteiger partial charge in [-0.1, -0.05) is 50.1 Å². The number of nitrogens with one attached hydrogen (secondary N) is 1. The number of morpholine rings is 1. The Balaban J connectivity index is 2.02. The fraction of sp³-hybridized carbons (Fsp3) is 0.500. The van der Waals surface area contributed by atoms with Gasteiger partial charge in [-0.25, -0.2) is 4.79 Å². The molecule has 0 saturated carbocycles. The molecule has 3 heteroatoms. The summed E-state index contributed by atoms with van der Waals surface area (Å²) < 4.78 is 5.25. The average molecular weight is 233 g/mol. The van der Waals surface area contributed by atoms with E-state index in [0.717, 1.165) is 18.4 Å². The molecule has 1 saturated heterocycles. The van der Waals surface area contributed by atoms with Crippen LogP contribution in [0.2, 0.25) is 0 Å². The van der Waals surface area contributed by atoms with Gasteiger partial charge >= 0.3 is 5.97 Å². The van der Waals surface area contributed by atoms with Crippen molar-refractivity contribution >= 4 is 5.97 Å². The van der Waals surface area contributed by atoms with Gasteiger partial charge in [0.05, 0.1) is 0 Å². The van der Waals surface area contributed by atoms with Crippen molar-refractivity contribution in [1.29, 1.82) is 0 Å². The summed E-state index contributed by atoms with van der Waals surface area (Å²) in [5, 5.41) is 3.38. The highest BCUT2D eigenvalue weighted by molar-refractivity contribution is 5.78. The predicted molar refractivity (Wildman–Crippen MR) is 66.6 cm³/mol. The van der Waals surface area contributed by atoms with Crippen molar-refractivity contribution in [3.05, 3.63) is 35.9 Å². The quantitative estimate of drug-likeness (QED) is 0.812. The van der Waals surface area contributed by atoms with E-state index in [0.29, 0.717) is 6.61 Å². The number of carbonyl (C=O) groups excluding carboxylic acids is 1. The topological polar surface area (TPSA) is 38.3 Å². The number of carbonyl (C=O) groups is 1. The fourth-order valence-corrected chi connectivity index (χ4v) is 2.11. The second kappa shape index (κ2) is 5.82. The maximum atomic E-state index is 11.7. The number of benzene rings is 1. The fourth-order valence-electron chi connectivity index (χ4n) is 2.11. The number of esters is 1. The normalized spacial score (nSPS) is 24.4. The summed E-state index contributed by atoms with van der Waals surface area (Å²) in [6.07, 6.45) is 3.39. The van der Waals surface area contributed by atoms with Gasteiger partial charge in [0.2, 0.25) is 0 Å². The van der Waals surface area contributed by atoms with Crippen molar-refractivity contribution in [3.8, 4) is 0 Å². The van der Waals surface area contributed by atoms with E-state index >= 15 is 0 Å². The highest BCUT2D eigenvalue weighted by atomic mass is 16.5. The summed E-state index contributed by atoms with van der Waals surface area (Å²) in [4.78, 5) is 11.7. The maximum absolute atomic E-state index is 11.7. The minimum Gasteiger partial charge on any atom is -0.463 e. The summed E-state index contributed by atoms with van der Waals surface area (Å²) in [6.45, 7) is 2.67. The van der Waals surface area contributed by atoms with E-state index in [9.17, 15) is 4.79 Å². The molecule has 0 spiro atoms. The molecule has 1 aromatic carbocycles. The van der Waals surface area contributed by atoms with E-state index in [1.165, 1.54) is 6.42 Å². The molecular weight excluding hydrogens is 214 g/mol. The van der Waals surface area contributed by atoms with Gasteiger partial charge in [0.15, 0.2) is 0 Å². The number of hydrogen-bond donors (Lipinski definition) is 1. The Kier molecular flexibility index (Phi) is 4.15. The lowest BCUT2D eigenvalue weighted by Gasteiger charge is -2.30. The highest BCUT2D eigenvalue weighted by Crippen LogP contribution is 2.20. The largest absolute Gasteiger partial charge is 0.463 e. The molecule has 92 valence electrons. The lowest BCUT2D eigenvalue weighted by molar-refractivity contribution is -0.152. The first-order valence-corrected chi connectivity index (χ1v) is 6.29. The molecule has 0 bridgehead atoms. The van der Waals surface area contributed by atoms with E-state index in [4.69, 9.17) is 4.74 Å². The van der Waals surface area contributed by atoms with Crippen LogP contribution >= 0.6 is 0 Å². The summed E-state index contributed by atoms with van der Waals surface area (Å²) in [7, 11) is 0. The van der Waals surface area contributed by atoms with E-state index in [2.05, 4.69) is 12.2 Å². The third-order valence-corrected chi connectivity index (χ3v) is 3.10. The number of cyclic esters (lactones) is 1. The van der Waals surface area contributed by atoms with Crippen molar-refractivity contribution < 1.29 is 9.53 Å². The smallest absolute Gasteiger partial charge is 0.327 e. The van der Waals surface area contributed by atoms with E-state index < -0.39 is 0 Å². The zero-order valence-corrected chi connectivity index (χ0v) is 10.2. The Hall–Kier alpha value is -1.35. The molecule has 2 rings (SSSR count). The lowest BCUT2D eigenvalue weighted by atomic mass is 10.0. The molecule has 1 aromatic rings. The van der Waals surface area contributed by atoms with Crippen LogP contribution in [0, 0.1) is 0 Å². The Bertz CT molecular complexity index is 364. The third kappa shape index (κ3) is 3.07. The van der Waals surface area contributed by atoms with Gasteiger partial charge < -0.3 is 4.74 Å². The minimum atomic E-state index is -0.299. The molecule has 0 aliphatic carbocycles. The molecule has 0 amide bonds. The second-order valence-corrected chi connectivity index (χ2v) is 4.48. The van der Waals surface area contributed by atoms with Crippen molar-refractivity contribution in [2.24, 2.45) is 0 Å². The molecule has 0 radical (unpaired) electrons. The van der Waals surface area contributed by atoms with Crippen LogP contribution in [-0.4, -0.2) is 18.6 Å². The van der Waals surface area contributed by atoms with E-state index in [1.807, 2.05) is 30.3 Å². The molecule has 0 unspecified atom stereocenters. The Morgan fingerprint density at radius 2 is 2.12 bits per heavy atom. The number of rotatable bonds is 4. The van der Waals surface area contributed by atoms with E-state index in [1.54, 1.807) is 0 Å². The lowest BCUT2D eigenvalue weighted by Crippen LogP contribution is -2.46. The van der Waals surface area contributed by atoms with Gasteiger partial charge in [0, 0.05) is 6.04 Å². The van der Waals surface area contributed by atoms with Crippen LogP contribution in [0.15, 0.2) is 30.3 Å². The molecule has 1 aliphatic rings. The van der Waals surface area contributed by atoms with Gasteiger partial charge in [0.25, 0.3) is 0 Å². The zero-order chi connectivity index (χ0) is 12.1. The average Bonchev–Trinajstić information content (AvgIpc) is 2.39. The second-order valence-electron chi connectivity index (χ2n) is 4.48. The SMILES string of the molecule is CCCC[C@@H]1COC(=O)[C@@H](c2ccccc2)N1. The van der Waals surface area contributed by atoms with Crippen molar-refractivity contribution in [2.75, 3.05) is 6.61 Å². The molecule has 1 heterocycles. The summed E-state index contributed by atoms with van der Waals surface area (Å²) in [5.41, 5.74) is 0.985. The van der Waals surface area contributed by atoms with Crippen molar-refractivity contribution in [2.45, 2.75) is 38.3 Å². The van der Waals surface area contributed by atoms with Crippen LogP contribution in [-0.2, 0) is 9.53 Å². The first-order chi connectivity index (χ1) is 8.31. The molecule has 2 atom stereocenters. The van der Waals surface area contributed by atoms with Crippen LogP contribution in [0.3, 0.4) is 0 Å². The van der Waals surface area contributed by atoms with Crippen molar-refractivity contribution in [3.63, 3.8) is 0 Å². The molecular formula is C14H19NO2. The number of ether oxygens (including phenoxy) is 1. The molecule has 0 aromatic heterocycles. The monoisotopic (exact) mass is 233 g/mol.